The first-order valence-corrected chi connectivity index (χ1v) is 10.5. The second kappa shape index (κ2) is 9.36. The van der Waals surface area contributed by atoms with Crippen LogP contribution in [-0.4, -0.2) is 36.1 Å². The fourth-order valence-corrected chi connectivity index (χ4v) is 4.09. The SMILES string of the molecule is CCCCOc1nc(C)cc(C)c1CN1CCc2cc(C#N)c(OC)c(Cl)c2C1=O. The highest BCUT2D eigenvalue weighted by Gasteiger charge is 2.31. The van der Waals surface area contributed by atoms with Crippen molar-refractivity contribution in [3.8, 4) is 17.7 Å². The first kappa shape index (κ1) is 21.9. The minimum absolute atomic E-state index is 0.177. The fraction of sp³-hybridized carbons (Fsp3) is 0.435. The van der Waals surface area contributed by atoms with E-state index >= 15 is 0 Å². The third kappa shape index (κ3) is 4.22. The Morgan fingerprint density at radius 2 is 2.10 bits per heavy atom. The summed E-state index contributed by atoms with van der Waals surface area (Å²) in [5.41, 5.74) is 4.35. The molecule has 0 atom stereocenters. The van der Waals surface area contributed by atoms with Gasteiger partial charge in [-0.2, -0.15) is 5.26 Å². The van der Waals surface area contributed by atoms with Crippen molar-refractivity contribution in [2.75, 3.05) is 20.3 Å². The number of rotatable bonds is 7. The monoisotopic (exact) mass is 427 g/mol. The maximum absolute atomic E-state index is 13.3. The van der Waals surface area contributed by atoms with Gasteiger partial charge >= 0.3 is 0 Å². The molecule has 0 aliphatic carbocycles. The number of aryl methyl sites for hydroxylation is 2. The van der Waals surface area contributed by atoms with Crippen LogP contribution in [0.3, 0.4) is 0 Å². The van der Waals surface area contributed by atoms with Gasteiger partial charge in [0.2, 0.25) is 5.88 Å². The maximum atomic E-state index is 13.3. The molecule has 6 nitrogen and oxygen atoms in total. The summed E-state index contributed by atoms with van der Waals surface area (Å²) >= 11 is 6.48. The number of nitrogens with zero attached hydrogens (tertiary/aromatic N) is 3. The zero-order valence-corrected chi connectivity index (χ0v) is 18.6. The quantitative estimate of drug-likeness (QED) is 0.603. The highest BCUT2D eigenvalue weighted by Crippen LogP contribution is 2.37. The van der Waals surface area contributed by atoms with Gasteiger partial charge in [-0.1, -0.05) is 24.9 Å². The summed E-state index contributed by atoms with van der Waals surface area (Å²) in [5.74, 6) is 0.650. The van der Waals surface area contributed by atoms with Gasteiger partial charge < -0.3 is 14.4 Å². The van der Waals surface area contributed by atoms with Crippen molar-refractivity contribution in [2.45, 2.75) is 46.6 Å². The second-order valence-corrected chi connectivity index (χ2v) is 7.84. The van der Waals surface area contributed by atoms with Crippen molar-refractivity contribution in [3.05, 3.63) is 50.7 Å². The number of hydrogen-bond donors (Lipinski definition) is 0. The molecule has 0 spiro atoms. The zero-order chi connectivity index (χ0) is 21.8. The molecule has 0 saturated heterocycles. The molecule has 0 fully saturated rings. The number of carbonyl (C=O) groups excluding carboxylic acids is 1. The average molecular weight is 428 g/mol. The van der Waals surface area contributed by atoms with E-state index in [0.29, 0.717) is 43.1 Å². The molecule has 1 amide bonds. The number of hydrogen-bond acceptors (Lipinski definition) is 5. The molecule has 0 saturated carbocycles. The van der Waals surface area contributed by atoms with E-state index in [0.717, 1.165) is 35.2 Å². The highest BCUT2D eigenvalue weighted by molar-refractivity contribution is 6.35. The van der Waals surface area contributed by atoms with Crippen LogP contribution in [0.15, 0.2) is 12.1 Å². The van der Waals surface area contributed by atoms with Crippen molar-refractivity contribution < 1.29 is 14.3 Å². The Kier molecular flexibility index (Phi) is 6.84. The Bertz CT molecular complexity index is 1010. The number of ether oxygens (including phenoxy) is 2. The third-order valence-corrected chi connectivity index (χ3v) is 5.66. The van der Waals surface area contributed by atoms with E-state index in [1.165, 1.54) is 7.11 Å². The van der Waals surface area contributed by atoms with E-state index in [1.807, 2.05) is 19.9 Å². The molecular weight excluding hydrogens is 402 g/mol. The Hall–Kier alpha value is -2.78. The number of carbonyl (C=O) groups is 1. The minimum Gasteiger partial charge on any atom is -0.494 e. The zero-order valence-electron chi connectivity index (χ0n) is 17.8. The van der Waals surface area contributed by atoms with Crippen LogP contribution in [-0.2, 0) is 13.0 Å². The van der Waals surface area contributed by atoms with Gasteiger partial charge in [-0.15, -0.1) is 0 Å². The molecule has 30 heavy (non-hydrogen) atoms. The van der Waals surface area contributed by atoms with Gasteiger partial charge in [-0.3, -0.25) is 4.79 Å². The van der Waals surface area contributed by atoms with E-state index in [9.17, 15) is 10.1 Å². The number of unbranched alkanes of at least 4 members (excludes halogenated alkanes) is 1. The first-order valence-electron chi connectivity index (χ1n) is 10.1. The van der Waals surface area contributed by atoms with E-state index in [-0.39, 0.29) is 16.7 Å². The molecular formula is C23H26ClN3O3. The Labute approximate surface area is 182 Å². The number of amides is 1. The lowest BCUT2D eigenvalue weighted by atomic mass is 9.95. The number of nitriles is 1. The van der Waals surface area contributed by atoms with Crippen LogP contribution < -0.4 is 9.47 Å². The fourth-order valence-electron chi connectivity index (χ4n) is 3.71. The summed E-state index contributed by atoms with van der Waals surface area (Å²) in [5, 5.41) is 9.55. The molecule has 158 valence electrons. The van der Waals surface area contributed by atoms with Gasteiger partial charge in [0.15, 0.2) is 5.75 Å². The van der Waals surface area contributed by atoms with Gasteiger partial charge in [-0.05, 0) is 49.9 Å². The summed E-state index contributed by atoms with van der Waals surface area (Å²) < 4.78 is 11.2. The van der Waals surface area contributed by atoms with E-state index in [4.69, 9.17) is 21.1 Å². The number of benzene rings is 1. The molecule has 0 unspecified atom stereocenters. The van der Waals surface area contributed by atoms with Gasteiger partial charge in [-0.25, -0.2) is 4.98 Å². The first-order chi connectivity index (χ1) is 14.4. The van der Waals surface area contributed by atoms with Crippen molar-refractivity contribution in [2.24, 2.45) is 0 Å². The van der Waals surface area contributed by atoms with Gasteiger partial charge in [0, 0.05) is 17.8 Å². The molecule has 0 bridgehead atoms. The van der Waals surface area contributed by atoms with Crippen LogP contribution >= 0.6 is 11.6 Å². The molecule has 0 N–H and O–H groups in total. The average Bonchev–Trinajstić information content (AvgIpc) is 2.71. The lowest BCUT2D eigenvalue weighted by Crippen LogP contribution is -2.37. The topological polar surface area (TPSA) is 75.4 Å². The van der Waals surface area contributed by atoms with Crippen LogP contribution in [0.25, 0.3) is 0 Å². The number of fused-ring (bicyclic) bond motifs is 1. The number of aromatic nitrogens is 1. The largest absolute Gasteiger partial charge is 0.494 e. The molecule has 1 aliphatic rings. The second-order valence-electron chi connectivity index (χ2n) is 7.46. The van der Waals surface area contributed by atoms with Crippen LogP contribution in [0.1, 0.15) is 58.1 Å². The minimum atomic E-state index is -0.177. The maximum Gasteiger partial charge on any atom is 0.256 e. The molecule has 3 rings (SSSR count). The predicted octanol–water partition coefficient (Wildman–Crippen LogP) is 4.61. The van der Waals surface area contributed by atoms with Gasteiger partial charge in [0.1, 0.15) is 6.07 Å². The molecule has 1 aliphatic heterocycles. The Morgan fingerprint density at radius 3 is 2.77 bits per heavy atom. The van der Waals surface area contributed by atoms with Crippen molar-refractivity contribution in [1.29, 1.82) is 5.26 Å². The summed E-state index contributed by atoms with van der Waals surface area (Å²) in [6.45, 7) is 7.56. The third-order valence-electron chi connectivity index (χ3n) is 5.30. The van der Waals surface area contributed by atoms with E-state index in [2.05, 4.69) is 18.0 Å². The molecule has 7 heteroatoms. The Morgan fingerprint density at radius 1 is 1.33 bits per heavy atom. The van der Waals surface area contributed by atoms with E-state index in [1.54, 1.807) is 11.0 Å². The lowest BCUT2D eigenvalue weighted by molar-refractivity contribution is 0.0724. The summed E-state index contributed by atoms with van der Waals surface area (Å²) in [6, 6.07) is 5.79. The van der Waals surface area contributed by atoms with Crippen LogP contribution in [0, 0.1) is 25.2 Å². The molecule has 1 aromatic heterocycles. The summed E-state index contributed by atoms with van der Waals surface area (Å²) in [4.78, 5) is 19.6. The van der Waals surface area contributed by atoms with Crippen molar-refractivity contribution in [1.82, 2.24) is 9.88 Å². The molecule has 1 aromatic carbocycles. The van der Waals surface area contributed by atoms with Crippen LogP contribution in [0.5, 0.6) is 11.6 Å². The lowest BCUT2D eigenvalue weighted by Gasteiger charge is -2.30. The summed E-state index contributed by atoms with van der Waals surface area (Å²) in [7, 11) is 1.45. The van der Waals surface area contributed by atoms with Crippen molar-refractivity contribution >= 4 is 17.5 Å². The highest BCUT2D eigenvalue weighted by atomic mass is 35.5. The molecule has 0 radical (unpaired) electrons. The van der Waals surface area contributed by atoms with Gasteiger partial charge in [0.05, 0.1) is 36.4 Å². The Balaban J connectivity index is 1.94. The molecule has 2 heterocycles. The normalized spacial score (nSPS) is 13.1. The van der Waals surface area contributed by atoms with E-state index < -0.39 is 0 Å². The number of halogens is 1. The summed E-state index contributed by atoms with van der Waals surface area (Å²) in [6.07, 6.45) is 2.59. The number of methoxy groups -OCH3 is 1. The van der Waals surface area contributed by atoms with Crippen LogP contribution in [0.2, 0.25) is 5.02 Å². The predicted molar refractivity (Wildman–Crippen MR) is 115 cm³/mol. The van der Waals surface area contributed by atoms with Crippen molar-refractivity contribution in [3.63, 3.8) is 0 Å². The number of pyridine rings is 1. The smallest absolute Gasteiger partial charge is 0.256 e. The van der Waals surface area contributed by atoms with Gasteiger partial charge in [0.25, 0.3) is 5.91 Å². The van der Waals surface area contributed by atoms with Crippen LogP contribution in [0.4, 0.5) is 0 Å². The molecule has 2 aromatic rings. The standard InChI is InChI=1S/C23H26ClN3O3/c1-5-6-9-30-22-18(14(2)10-15(3)26-22)13-27-8-7-16-11-17(12-25)21(29-4)20(24)19(16)23(27)28/h10-11H,5-9,13H2,1-4H3.